The van der Waals surface area contributed by atoms with Crippen LogP contribution >= 0.6 is 0 Å². The number of aliphatic hydroxyl groups excluding tert-OH is 1. The highest BCUT2D eigenvalue weighted by atomic mass is 16.5. The summed E-state index contributed by atoms with van der Waals surface area (Å²) in [5.41, 5.74) is 3.74. The minimum atomic E-state index is -0.205. The number of nitrogens with one attached hydrogen (secondary N) is 1. The van der Waals surface area contributed by atoms with Gasteiger partial charge in [0.05, 0.1) is 11.1 Å². The monoisotopic (exact) mass is 410 g/mol. The first-order valence-electron chi connectivity index (χ1n) is 9.86. The van der Waals surface area contributed by atoms with E-state index in [-0.39, 0.29) is 25.2 Å². The van der Waals surface area contributed by atoms with Gasteiger partial charge in [0, 0.05) is 42.4 Å². The Hall–Kier alpha value is -3.26. The average Bonchev–Trinajstić information content (AvgIpc) is 3.12. The van der Waals surface area contributed by atoms with E-state index in [2.05, 4.69) is 20.4 Å². The Morgan fingerprint density at radius 2 is 2.03 bits per heavy atom. The van der Waals surface area contributed by atoms with Crippen LogP contribution in [0.2, 0.25) is 0 Å². The van der Waals surface area contributed by atoms with Crippen LogP contribution in [0.5, 0.6) is 5.88 Å². The number of hydrogen-bond acceptors (Lipinski definition) is 7. The van der Waals surface area contributed by atoms with E-state index in [0.29, 0.717) is 35.7 Å². The van der Waals surface area contributed by atoms with Gasteiger partial charge in [-0.15, -0.1) is 0 Å². The highest BCUT2D eigenvalue weighted by Crippen LogP contribution is 2.26. The normalized spacial score (nSPS) is 11.9. The lowest BCUT2D eigenvalue weighted by atomic mass is 10.1. The van der Waals surface area contributed by atoms with Crippen LogP contribution in [-0.4, -0.2) is 38.8 Å². The van der Waals surface area contributed by atoms with E-state index < -0.39 is 0 Å². The fourth-order valence-corrected chi connectivity index (χ4v) is 2.92. The molecule has 3 heterocycles. The molecule has 0 aromatic carbocycles. The molecule has 0 unspecified atom stereocenters. The number of aryl methyl sites for hydroxylation is 2. The van der Waals surface area contributed by atoms with Crippen LogP contribution in [0.15, 0.2) is 41.2 Å². The van der Waals surface area contributed by atoms with E-state index in [9.17, 15) is 4.79 Å². The zero-order valence-electron chi connectivity index (χ0n) is 17.4. The average molecular weight is 410 g/mol. The first kappa shape index (κ1) is 21.4. The molecule has 0 saturated heterocycles. The number of amides is 1. The van der Waals surface area contributed by atoms with Gasteiger partial charge in [-0.3, -0.25) is 9.78 Å². The number of nitrogens with zero attached hydrogens (tertiary/aromatic N) is 3. The van der Waals surface area contributed by atoms with Crippen LogP contribution in [0.1, 0.15) is 47.1 Å². The van der Waals surface area contributed by atoms with Gasteiger partial charge in [0.15, 0.2) is 0 Å². The van der Waals surface area contributed by atoms with Crippen molar-refractivity contribution in [1.82, 2.24) is 20.4 Å². The second-order valence-corrected chi connectivity index (χ2v) is 7.17. The quantitative estimate of drug-likeness (QED) is 0.557. The zero-order chi connectivity index (χ0) is 21.5. The summed E-state index contributed by atoms with van der Waals surface area (Å²) < 4.78 is 11.1. The van der Waals surface area contributed by atoms with Crippen LogP contribution in [0.25, 0.3) is 11.3 Å². The number of rotatable bonds is 9. The van der Waals surface area contributed by atoms with E-state index in [4.69, 9.17) is 14.4 Å². The van der Waals surface area contributed by atoms with Crippen LogP contribution in [0.4, 0.5) is 0 Å². The van der Waals surface area contributed by atoms with Crippen molar-refractivity contribution < 1.29 is 19.2 Å². The number of ether oxygens (including phenoxy) is 1. The molecule has 3 aromatic heterocycles. The minimum Gasteiger partial charge on any atom is -0.473 e. The smallest absolute Gasteiger partial charge is 0.253 e. The summed E-state index contributed by atoms with van der Waals surface area (Å²) in [6, 6.07) is 7.16. The molecule has 0 aliphatic heterocycles. The first-order chi connectivity index (χ1) is 14.5. The van der Waals surface area contributed by atoms with E-state index in [1.807, 2.05) is 32.9 Å². The Morgan fingerprint density at radius 1 is 1.20 bits per heavy atom. The van der Waals surface area contributed by atoms with Gasteiger partial charge in [-0.25, -0.2) is 4.98 Å². The lowest BCUT2D eigenvalue weighted by Crippen LogP contribution is -2.32. The predicted molar refractivity (Wildman–Crippen MR) is 111 cm³/mol. The standard InChI is InChI=1S/C22H26N4O4/c1-14-6-7-17(11-23-14)21-19(16(3)30-26-21)13-29-20-9-8-18(12-24-20)22(28)25-15(2)5-4-10-27/h6-9,11-12,15,27H,4-5,10,13H2,1-3H3,(H,25,28)/t15-/m1/s1. The third kappa shape index (κ3) is 5.42. The second kappa shape index (κ2) is 9.98. The van der Waals surface area contributed by atoms with Crippen LogP contribution in [-0.2, 0) is 6.61 Å². The minimum absolute atomic E-state index is 0.0215. The summed E-state index contributed by atoms with van der Waals surface area (Å²) in [6.07, 6.45) is 4.60. The van der Waals surface area contributed by atoms with Gasteiger partial charge in [0.2, 0.25) is 5.88 Å². The molecular formula is C22H26N4O4. The van der Waals surface area contributed by atoms with Gasteiger partial charge in [-0.05, 0) is 51.8 Å². The van der Waals surface area contributed by atoms with Crippen molar-refractivity contribution in [1.29, 1.82) is 0 Å². The molecule has 1 atom stereocenters. The Bertz CT molecular complexity index is 968. The molecule has 1 amide bonds. The number of aliphatic hydroxyl groups is 1. The molecule has 0 fully saturated rings. The van der Waals surface area contributed by atoms with E-state index in [1.54, 1.807) is 18.3 Å². The molecule has 0 saturated carbocycles. The summed E-state index contributed by atoms with van der Waals surface area (Å²) in [5.74, 6) is 0.857. The summed E-state index contributed by atoms with van der Waals surface area (Å²) in [7, 11) is 0. The van der Waals surface area contributed by atoms with E-state index in [1.165, 1.54) is 6.20 Å². The van der Waals surface area contributed by atoms with Crippen molar-refractivity contribution >= 4 is 5.91 Å². The van der Waals surface area contributed by atoms with Crippen molar-refractivity contribution in [3.8, 4) is 17.1 Å². The number of aromatic nitrogens is 3. The molecule has 0 bridgehead atoms. The summed E-state index contributed by atoms with van der Waals surface area (Å²) in [6.45, 7) is 6.00. The Balaban J connectivity index is 1.63. The number of hydrogen-bond donors (Lipinski definition) is 2. The third-order valence-electron chi connectivity index (χ3n) is 4.71. The highest BCUT2D eigenvalue weighted by molar-refractivity contribution is 5.94. The van der Waals surface area contributed by atoms with Crippen molar-refractivity contribution in [2.24, 2.45) is 0 Å². The predicted octanol–water partition coefficient (Wildman–Crippen LogP) is 3.22. The molecular weight excluding hydrogens is 384 g/mol. The van der Waals surface area contributed by atoms with Crippen molar-refractivity contribution in [2.45, 2.75) is 46.3 Å². The molecule has 0 radical (unpaired) electrons. The van der Waals surface area contributed by atoms with Gasteiger partial charge >= 0.3 is 0 Å². The lowest BCUT2D eigenvalue weighted by Gasteiger charge is -2.13. The molecule has 0 spiro atoms. The lowest BCUT2D eigenvalue weighted by molar-refractivity contribution is 0.0936. The van der Waals surface area contributed by atoms with E-state index in [0.717, 1.165) is 16.8 Å². The van der Waals surface area contributed by atoms with Gasteiger partial charge in [0.1, 0.15) is 18.1 Å². The molecule has 2 N–H and O–H groups in total. The van der Waals surface area contributed by atoms with Crippen molar-refractivity contribution in [2.75, 3.05) is 6.61 Å². The maximum absolute atomic E-state index is 12.3. The Labute approximate surface area is 175 Å². The van der Waals surface area contributed by atoms with Gasteiger partial charge in [-0.2, -0.15) is 0 Å². The molecule has 0 aliphatic carbocycles. The molecule has 8 nitrogen and oxygen atoms in total. The molecule has 0 aliphatic rings. The fourth-order valence-electron chi connectivity index (χ4n) is 2.92. The largest absolute Gasteiger partial charge is 0.473 e. The van der Waals surface area contributed by atoms with Crippen LogP contribution in [0.3, 0.4) is 0 Å². The maximum atomic E-state index is 12.3. The molecule has 158 valence electrons. The van der Waals surface area contributed by atoms with Crippen molar-refractivity contribution in [3.63, 3.8) is 0 Å². The maximum Gasteiger partial charge on any atom is 0.253 e. The number of pyridine rings is 2. The SMILES string of the molecule is Cc1ccc(-c2noc(C)c2COc2ccc(C(=O)N[C@H](C)CCCO)cn2)cn1. The van der Waals surface area contributed by atoms with Crippen LogP contribution < -0.4 is 10.1 Å². The highest BCUT2D eigenvalue weighted by Gasteiger charge is 2.16. The summed E-state index contributed by atoms with van der Waals surface area (Å²) in [4.78, 5) is 20.8. The number of carbonyl (C=O) groups excluding carboxylic acids is 1. The molecule has 30 heavy (non-hydrogen) atoms. The van der Waals surface area contributed by atoms with Gasteiger partial charge in [-0.1, -0.05) is 5.16 Å². The van der Waals surface area contributed by atoms with Gasteiger partial charge < -0.3 is 19.7 Å². The van der Waals surface area contributed by atoms with Crippen molar-refractivity contribution in [3.05, 3.63) is 59.2 Å². The topological polar surface area (TPSA) is 110 Å². The summed E-state index contributed by atoms with van der Waals surface area (Å²) in [5, 5.41) is 15.9. The zero-order valence-corrected chi connectivity index (χ0v) is 17.4. The molecule has 8 heteroatoms. The molecule has 3 rings (SSSR count). The second-order valence-electron chi connectivity index (χ2n) is 7.17. The Kier molecular flexibility index (Phi) is 7.13. The molecule has 3 aromatic rings. The Morgan fingerprint density at radius 3 is 2.70 bits per heavy atom. The first-order valence-corrected chi connectivity index (χ1v) is 9.86. The van der Waals surface area contributed by atoms with E-state index >= 15 is 0 Å². The third-order valence-corrected chi connectivity index (χ3v) is 4.71. The van der Waals surface area contributed by atoms with Crippen LogP contribution in [0, 0.1) is 13.8 Å². The fraction of sp³-hybridized carbons (Fsp3) is 0.364. The summed E-state index contributed by atoms with van der Waals surface area (Å²) >= 11 is 0. The number of carbonyl (C=O) groups is 1. The van der Waals surface area contributed by atoms with Gasteiger partial charge in [0.25, 0.3) is 5.91 Å².